The van der Waals surface area contributed by atoms with Crippen LogP contribution in [0.3, 0.4) is 0 Å². The average Bonchev–Trinajstić information content (AvgIpc) is 2.66. The molecule has 2 N–H and O–H groups in total. The van der Waals surface area contributed by atoms with E-state index in [0.717, 1.165) is 12.8 Å². The van der Waals surface area contributed by atoms with Crippen LogP contribution in [-0.2, 0) is 14.3 Å². The van der Waals surface area contributed by atoms with Crippen LogP contribution in [0.2, 0.25) is 0 Å². The van der Waals surface area contributed by atoms with E-state index in [1.807, 2.05) is 0 Å². The summed E-state index contributed by atoms with van der Waals surface area (Å²) in [5.41, 5.74) is -0.947. The molecule has 2 unspecified atom stereocenters. The number of rotatable bonds is 4. The van der Waals surface area contributed by atoms with Crippen molar-refractivity contribution in [3.63, 3.8) is 0 Å². The second-order valence-electron chi connectivity index (χ2n) is 6.34. The minimum atomic E-state index is -0.947. The van der Waals surface area contributed by atoms with E-state index < -0.39 is 11.5 Å². The predicted octanol–water partition coefficient (Wildman–Crippen LogP) is 0.975. The number of carbonyl (C=O) groups is 2. The largest absolute Gasteiger partial charge is 0.467 e. The van der Waals surface area contributed by atoms with Crippen LogP contribution in [0, 0.1) is 5.92 Å². The van der Waals surface area contributed by atoms with Gasteiger partial charge in [-0.2, -0.15) is 0 Å². The lowest BCUT2D eigenvalue weighted by Crippen LogP contribution is -2.51. The summed E-state index contributed by atoms with van der Waals surface area (Å²) in [5, 5.41) is 6.33. The van der Waals surface area contributed by atoms with Gasteiger partial charge in [0.25, 0.3) is 0 Å². The lowest BCUT2D eigenvalue weighted by atomic mass is 9.89. The number of hydrogen-bond donors (Lipinski definition) is 2. The molecule has 0 saturated carbocycles. The molecule has 0 spiro atoms. The van der Waals surface area contributed by atoms with Crippen LogP contribution < -0.4 is 10.6 Å². The molecule has 5 nitrogen and oxygen atoms in total. The van der Waals surface area contributed by atoms with Gasteiger partial charge in [-0.3, -0.25) is 4.79 Å². The highest BCUT2D eigenvalue weighted by molar-refractivity contribution is 5.87. The number of amides is 1. The summed E-state index contributed by atoms with van der Waals surface area (Å²) in [5.74, 6) is -0.0277. The Morgan fingerprint density at radius 3 is 2.37 bits per heavy atom. The Bertz CT molecular complexity index is 356. The molecule has 2 atom stereocenters. The number of nitrogens with one attached hydrogen (secondary N) is 2. The van der Waals surface area contributed by atoms with Crippen molar-refractivity contribution in [1.82, 2.24) is 10.6 Å². The highest BCUT2D eigenvalue weighted by atomic mass is 16.5. The molecule has 2 heterocycles. The molecular formula is C14H24N2O3. The van der Waals surface area contributed by atoms with Gasteiger partial charge < -0.3 is 15.4 Å². The van der Waals surface area contributed by atoms with Gasteiger partial charge in [0.05, 0.1) is 7.11 Å². The molecule has 2 rings (SSSR count). The van der Waals surface area contributed by atoms with Crippen molar-refractivity contribution in [2.45, 2.75) is 63.6 Å². The van der Waals surface area contributed by atoms with Crippen LogP contribution in [0.4, 0.5) is 0 Å². The summed E-state index contributed by atoms with van der Waals surface area (Å²) < 4.78 is 4.69. The molecular weight excluding hydrogens is 244 g/mol. The van der Waals surface area contributed by atoms with E-state index in [1.54, 1.807) is 13.8 Å². The molecule has 19 heavy (non-hydrogen) atoms. The number of piperidine rings is 1. The third-order valence-electron chi connectivity index (χ3n) is 4.19. The Morgan fingerprint density at radius 1 is 1.26 bits per heavy atom. The molecule has 108 valence electrons. The van der Waals surface area contributed by atoms with Gasteiger partial charge in [0.2, 0.25) is 5.91 Å². The van der Waals surface area contributed by atoms with E-state index in [-0.39, 0.29) is 5.91 Å². The van der Waals surface area contributed by atoms with Gasteiger partial charge in [-0.05, 0) is 45.4 Å². The molecule has 2 aliphatic rings. The van der Waals surface area contributed by atoms with Gasteiger partial charge in [-0.15, -0.1) is 0 Å². The van der Waals surface area contributed by atoms with Crippen molar-refractivity contribution in [2.75, 3.05) is 7.11 Å². The zero-order valence-corrected chi connectivity index (χ0v) is 12.0. The molecule has 0 aromatic heterocycles. The molecule has 0 aromatic rings. The fourth-order valence-corrected chi connectivity index (χ4v) is 3.31. The van der Waals surface area contributed by atoms with Crippen molar-refractivity contribution in [1.29, 1.82) is 0 Å². The molecule has 0 aliphatic carbocycles. The van der Waals surface area contributed by atoms with Crippen LogP contribution in [0.15, 0.2) is 0 Å². The highest BCUT2D eigenvalue weighted by Crippen LogP contribution is 2.32. The number of ether oxygens (including phenoxy) is 1. The first kappa shape index (κ1) is 14.3. The topological polar surface area (TPSA) is 67.4 Å². The number of hydrogen-bond acceptors (Lipinski definition) is 4. The lowest BCUT2D eigenvalue weighted by Gasteiger charge is -2.30. The number of esters is 1. The summed E-state index contributed by atoms with van der Waals surface area (Å²) in [6.07, 6.45) is 5.12. The average molecular weight is 268 g/mol. The maximum Gasteiger partial charge on any atom is 0.330 e. The van der Waals surface area contributed by atoms with Crippen molar-refractivity contribution in [3.8, 4) is 0 Å². The first-order valence-corrected chi connectivity index (χ1v) is 7.06. The van der Waals surface area contributed by atoms with E-state index in [9.17, 15) is 9.59 Å². The normalized spacial score (nSPS) is 29.9. The highest BCUT2D eigenvalue weighted by Gasteiger charge is 2.36. The Morgan fingerprint density at radius 2 is 1.84 bits per heavy atom. The maximum atomic E-state index is 12.0. The van der Waals surface area contributed by atoms with Crippen LogP contribution in [0.1, 0.15) is 46.0 Å². The monoisotopic (exact) mass is 268 g/mol. The number of methoxy groups -OCH3 is 1. The molecule has 2 aliphatic heterocycles. The molecule has 0 radical (unpaired) electrons. The van der Waals surface area contributed by atoms with Crippen LogP contribution in [0.5, 0.6) is 0 Å². The molecule has 5 heteroatoms. The van der Waals surface area contributed by atoms with E-state index in [0.29, 0.717) is 24.4 Å². The quantitative estimate of drug-likeness (QED) is 0.746. The zero-order valence-electron chi connectivity index (χ0n) is 12.0. The molecule has 2 fully saturated rings. The first-order valence-electron chi connectivity index (χ1n) is 7.06. The number of fused-ring (bicyclic) bond motifs is 2. The van der Waals surface area contributed by atoms with Crippen LogP contribution in [0.25, 0.3) is 0 Å². The Hall–Kier alpha value is -1.10. The smallest absolute Gasteiger partial charge is 0.330 e. The third-order valence-corrected chi connectivity index (χ3v) is 4.19. The second-order valence-corrected chi connectivity index (χ2v) is 6.34. The van der Waals surface area contributed by atoms with Crippen molar-refractivity contribution >= 4 is 11.9 Å². The minimum absolute atomic E-state index is 0.0540. The number of carbonyl (C=O) groups excluding carboxylic acids is 2. The van der Waals surface area contributed by atoms with E-state index in [2.05, 4.69) is 15.4 Å². The van der Waals surface area contributed by atoms with E-state index >= 15 is 0 Å². The Balaban J connectivity index is 1.83. The van der Waals surface area contributed by atoms with Gasteiger partial charge in [0.15, 0.2) is 0 Å². The summed E-state index contributed by atoms with van der Waals surface area (Å²) in [6.45, 7) is 3.34. The van der Waals surface area contributed by atoms with Gasteiger partial charge in [0, 0.05) is 18.5 Å². The molecule has 0 aromatic carbocycles. The van der Waals surface area contributed by atoms with Gasteiger partial charge in [-0.25, -0.2) is 4.79 Å². The Labute approximate surface area is 114 Å². The zero-order chi connectivity index (χ0) is 14.0. The standard InChI is InChI=1S/C14H24N2O3/c1-14(2,13(18)19-3)16-12(17)8-9-6-10-4-5-11(7-9)15-10/h9-11,15H,4-8H2,1-3H3,(H,16,17). The van der Waals surface area contributed by atoms with E-state index in [1.165, 1.54) is 20.0 Å². The SMILES string of the molecule is COC(=O)C(C)(C)NC(=O)CC1CC2CCC(C1)N2. The summed E-state index contributed by atoms with van der Waals surface area (Å²) >= 11 is 0. The van der Waals surface area contributed by atoms with Crippen LogP contribution >= 0.6 is 0 Å². The second kappa shape index (κ2) is 5.49. The van der Waals surface area contributed by atoms with Crippen molar-refractivity contribution in [3.05, 3.63) is 0 Å². The molecule has 1 amide bonds. The summed E-state index contributed by atoms with van der Waals surface area (Å²) in [6, 6.07) is 1.18. The molecule has 2 saturated heterocycles. The lowest BCUT2D eigenvalue weighted by molar-refractivity contribution is -0.149. The van der Waals surface area contributed by atoms with Gasteiger partial charge in [0.1, 0.15) is 5.54 Å². The maximum absolute atomic E-state index is 12.0. The van der Waals surface area contributed by atoms with Crippen molar-refractivity contribution in [2.24, 2.45) is 5.92 Å². The van der Waals surface area contributed by atoms with Crippen LogP contribution in [-0.4, -0.2) is 36.6 Å². The summed E-state index contributed by atoms with van der Waals surface area (Å²) in [7, 11) is 1.33. The van der Waals surface area contributed by atoms with Crippen molar-refractivity contribution < 1.29 is 14.3 Å². The fourth-order valence-electron chi connectivity index (χ4n) is 3.31. The van der Waals surface area contributed by atoms with E-state index in [4.69, 9.17) is 0 Å². The Kier molecular flexibility index (Phi) is 4.13. The fraction of sp³-hybridized carbons (Fsp3) is 0.857. The summed E-state index contributed by atoms with van der Waals surface area (Å²) in [4.78, 5) is 23.6. The molecule has 2 bridgehead atoms. The predicted molar refractivity (Wildman–Crippen MR) is 71.5 cm³/mol. The minimum Gasteiger partial charge on any atom is -0.467 e. The first-order chi connectivity index (χ1) is 8.90. The third kappa shape index (κ3) is 3.47. The van der Waals surface area contributed by atoms with Gasteiger partial charge >= 0.3 is 5.97 Å². The van der Waals surface area contributed by atoms with Gasteiger partial charge in [-0.1, -0.05) is 0 Å².